The number of carbonyl (C=O) groups is 1. The number of phenolic OH excluding ortho intramolecular Hbond substituents is 1. The standard InChI is InChI=1S/C25H32N2O6/c1-2-32-25(29)21-13-19-18(15-27-5-9-31-10-6-27)16-33-22-12-17(11-20(23(19)22)24(21)28)14-26-3-7-30-8-4-26/h11-13,18,28H,2-10,14-16H2,1H3. The lowest BCUT2D eigenvalue weighted by Gasteiger charge is -2.34. The Morgan fingerprint density at radius 1 is 1.06 bits per heavy atom. The van der Waals surface area contributed by atoms with Crippen LogP contribution in [-0.2, 0) is 20.8 Å². The van der Waals surface area contributed by atoms with Crippen molar-refractivity contribution in [3.8, 4) is 11.5 Å². The number of benzene rings is 2. The van der Waals surface area contributed by atoms with E-state index in [1.807, 2.05) is 12.1 Å². The van der Waals surface area contributed by atoms with Crippen molar-refractivity contribution in [1.82, 2.24) is 9.80 Å². The number of morpholine rings is 2. The van der Waals surface area contributed by atoms with Crippen LogP contribution in [-0.4, -0.2) is 93.2 Å². The molecular formula is C25H32N2O6. The molecule has 1 atom stereocenters. The Morgan fingerprint density at radius 3 is 2.45 bits per heavy atom. The highest BCUT2D eigenvalue weighted by Crippen LogP contribution is 2.44. The van der Waals surface area contributed by atoms with E-state index >= 15 is 0 Å². The van der Waals surface area contributed by atoms with Gasteiger partial charge in [-0.2, -0.15) is 0 Å². The first-order valence-electron chi connectivity index (χ1n) is 11.9. The van der Waals surface area contributed by atoms with Crippen LogP contribution in [0.2, 0.25) is 0 Å². The predicted molar refractivity (Wildman–Crippen MR) is 123 cm³/mol. The second-order valence-corrected chi connectivity index (χ2v) is 8.91. The van der Waals surface area contributed by atoms with Crippen molar-refractivity contribution in [2.45, 2.75) is 19.4 Å². The molecule has 2 fully saturated rings. The van der Waals surface area contributed by atoms with Gasteiger partial charge < -0.3 is 24.1 Å². The third kappa shape index (κ3) is 4.66. The topological polar surface area (TPSA) is 80.7 Å². The summed E-state index contributed by atoms with van der Waals surface area (Å²) >= 11 is 0. The van der Waals surface area contributed by atoms with Gasteiger partial charge in [0.1, 0.15) is 17.1 Å². The van der Waals surface area contributed by atoms with E-state index in [1.54, 1.807) is 6.92 Å². The van der Waals surface area contributed by atoms with Crippen LogP contribution in [0.25, 0.3) is 10.8 Å². The van der Waals surface area contributed by atoms with Gasteiger partial charge in [0, 0.05) is 56.0 Å². The third-order valence-electron chi connectivity index (χ3n) is 6.73. The van der Waals surface area contributed by atoms with E-state index in [4.69, 9.17) is 18.9 Å². The lowest BCUT2D eigenvalue weighted by atomic mass is 9.87. The van der Waals surface area contributed by atoms with Crippen LogP contribution >= 0.6 is 0 Å². The molecule has 0 radical (unpaired) electrons. The van der Waals surface area contributed by atoms with Crippen molar-refractivity contribution in [3.05, 3.63) is 34.9 Å². The van der Waals surface area contributed by atoms with Gasteiger partial charge in [0.25, 0.3) is 0 Å². The number of hydrogen-bond acceptors (Lipinski definition) is 8. The van der Waals surface area contributed by atoms with Crippen LogP contribution in [0.1, 0.15) is 34.3 Å². The first-order chi connectivity index (χ1) is 16.1. The summed E-state index contributed by atoms with van der Waals surface area (Å²) in [5.41, 5.74) is 2.31. The zero-order chi connectivity index (χ0) is 22.8. The Morgan fingerprint density at radius 2 is 1.76 bits per heavy atom. The molecule has 0 amide bonds. The molecule has 33 heavy (non-hydrogen) atoms. The highest BCUT2D eigenvalue weighted by molar-refractivity contribution is 6.05. The van der Waals surface area contributed by atoms with Gasteiger partial charge in [0.2, 0.25) is 0 Å². The molecule has 2 aromatic rings. The maximum atomic E-state index is 12.7. The Kier molecular flexibility index (Phi) is 6.69. The fraction of sp³-hybridized carbons (Fsp3) is 0.560. The highest BCUT2D eigenvalue weighted by Gasteiger charge is 2.30. The van der Waals surface area contributed by atoms with Gasteiger partial charge in [0.15, 0.2) is 0 Å². The summed E-state index contributed by atoms with van der Waals surface area (Å²) in [6.45, 7) is 10.5. The Balaban J connectivity index is 1.56. The summed E-state index contributed by atoms with van der Waals surface area (Å²) in [5.74, 6) is 0.337. The predicted octanol–water partition coefficient (Wildman–Crippen LogP) is 2.36. The van der Waals surface area contributed by atoms with Crippen molar-refractivity contribution >= 4 is 16.7 Å². The summed E-state index contributed by atoms with van der Waals surface area (Å²) in [6.07, 6.45) is 0. The molecule has 1 unspecified atom stereocenters. The molecule has 1 N–H and O–H groups in total. The largest absolute Gasteiger partial charge is 0.506 e. The molecule has 8 heteroatoms. The van der Waals surface area contributed by atoms with Gasteiger partial charge in [-0.25, -0.2) is 4.79 Å². The number of phenols is 1. The lowest BCUT2D eigenvalue weighted by molar-refractivity contribution is 0.0322. The van der Waals surface area contributed by atoms with Crippen LogP contribution < -0.4 is 4.74 Å². The maximum absolute atomic E-state index is 12.7. The molecule has 0 bridgehead atoms. The summed E-state index contributed by atoms with van der Waals surface area (Å²) in [5, 5.41) is 12.7. The van der Waals surface area contributed by atoms with Crippen molar-refractivity contribution in [2.24, 2.45) is 0 Å². The zero-order valence-electron chi connectivity index (χ0n) is 19.2. The van der Waals surface area contributed by atoms with E-state index in [9.17, 15) is 9.90 Å². The molecule has 0 aliphatic carbocycles. The highest BCUT2D eigenvalue weighted by atomic mass is 16.5. The van der Waals surface area contributed by atoms with Crippen LogP contribution in [0.5, 0.6) is 11.5 Å². The Bertz CT molecular complexity index is 1010. The molecule has 3 aliphatic rings. The summed E-state index contributed by atoms with van der Waals surface area (Å²) < 4.78 is 22.5. The maximum Gasteiger partial charge on any atom is 0.341 e. The van der Waals surface area contributed by atoms with E-state index < -0.39 is 5.97 Å². The van der Waals surface area contributed by atoms with Crippen LogP contribution in [0.4, 0.5) is 0 Å². The second kappa shape index (κ2) is 9.85. The van der Waals surface area contributed by atoms with Gasteiger partial charge in [0.05, 0.1) is 39.6 Å². The number of esters is 1. The van der Waals surface area contributed by atoms with Gasteiger partial charge >= 0.3 is 5.97 Å². The van der Waals surface area contributed by atoms with E-state index in [0.29, 0.717) is 12.0 Å². The fourth-order valence-electron chi connectivity index (χ4n) is 5.03. The van der Waals surface area contributed by atoms with Gasteiger partial charge in [-0.05, 0) is 36.2 Å². The minimum atomic E-state index is -0.495. The average Bonchev–Trinajstić information content (AvgIpc) is 2.83. The van der Waals surface area contributed by atoms with Crippen molar-refractivity contribution in [1.29, 1.82) is 0 Å². The molecule has 8 nitrogen and oxygen atoms in total. The normalized spacial score (nSPS) is 21.7. The summed E-state index contributed by atoms with van der Waals surface area (Å²) in [6, 6.07) is 5.89. The van der Waals surface area contributed by atoms with Crippen molar-refractivity contribution in [3.63, 3.8) is 0 Å². The molecule has 178 valence electrons. The SMILES string of the molecule is CCOC(=O)c1cc2c3c(cc(CN4CCOCC4)cc3c1O)OCC2CN1CCOCC1. The number of rotatable bonds is 6. The van der Waals surface area contributed by atoms with Gasteiger partial charge in [-0.15, -0.1) is 0 Å². The summed E-state index contributed by atoms with van der Waals surface area (Å²) in [7, 11) is 0. The first kappa shape index (κ1) is 22.4. The van der Waals surface area contributed by atoms with E-state index in [2.05, 4.69) is 15.9 Å². The molecule has 0 spiro atoms. The van der Waals surface area contributed by atoms with E-state index in [1.165, 1.54) is 0 Å². The second-order valence-electron chi connectivity index (χ2n) is 8.91. The quantitative estimate of drug-likeness (QED) is 0.664. The molecule has 5 rings (SSSR count). The van der Waals surface area contributed by atoms with Crippen molar-refractivity contribution in [2.75, 3.05) is 72.4 Å². The summed E-state index contributed by atoms with van der Waals surface area (Å²) in [4.78, 5) is 17.4. The molecular weight excluding hydrogens is 424 g/mol. The molecule has 0 aromatic heterocycles. The molecule has 3 heterocycles. The van der Waals surface area contributed by atoms with Crippen LogP contribution in [0, 0.1) is 0 Å². The minimum absolute atomic E-state index is 0.0344. The number of carbonyl (C=O) groups excluding carboxylic acids is 1. The fourth-order valence-corrected chi connectivity index (χ4v) is 5.03. The lowest BCUT2D eigenvalue weighted by Crippen LogP contribution is -2.40. The van der Waals surface area contributed by atoms with E-state index in [0.717, 1.165) is 88.0 Å². The molecule has 3 aliphatic heterocycles. The number of nitrogens with zero attached hydrogens (tertiary/aromatic N) is 2. The van der Waals surface area contributed by atoms with Crippen molar-refractivity contribution < 1.29 is 28.8 Å². The molecule has 2 saturated heterocycles. The van der Waals surface area contributed by atoms with Gasteiger partial charge in [-0.1, -0.05) is 0 Å². The van der Waals surface area contributed by atoms with Gasteiger partial charge in [-0.3, -0.25) is 9.80 Å². The zero-order valence-corrected chi connectivity index (χ0v) is 19.2. The van der Waals surface area contributed by atoms with E-state index in [-0.39, 0.29) is 23.8 Å². The third-order valence-corrected chi connectivity index (χ3v) is 6.73. The van der Waals surface area contributed by atoms with Crippen LogP contribution in [0.3, 0.4) is 0 Å². The smallest absolute Gasteiger partial charge is 0.341 e. The average molecular weight is 457 g/mol. The Labute approximate surface area is 193 Å². The monoisotopic (exact) mass is 456 g/mol. The number of aromatic hydroxyl groups is 1. The Hall–Kier alpha value is -2.39. The minimum Gasteiger partial charge on any atom is -0.506 e. The first-order valence-corrected chi connectivity index (χ1v) is 11.9. The number of hydrogen-bond donors (Lipinski definition) is 1. The molecule has 0 saturated carbocycles. The number of ether oxygens (including phenoxy) is 4. The van der Waals surface area contributed by atoms with Crippen LogP contribution in [0.15, 0.2) is 18.2 Å². The molecule has 2 aromatic carbocycles.